The van der Waals surface area contributed by atoms with Crippen LogP contribution in [-0.4, -0.2) is 19.1 Å². The van der Waals surface area contributed by atoms with Crippen LogP contribution in [0.2, 0.25) is 0 Å². The van der Waals surface area contributed by atoms with Crippen LogP contribution in [0.25, 0.3) is 0 Å². The van der Waals surface area contributed by atoms with Crippen molar-refractivity contribution >= 4 is 5.69 Å². The quantitative estimate of drug-likeness (QED) is 0.883. The van der Waals surface area contributed by atoms with E-state index in [1.54, 1.807) is 0 Å². The fourth-order valence-corrected chi connectivity index (χ4v) is 2.93. The summed E-state index contributed by atoms with van der Waals surface area (Å²) < 4.78 is 0. The Morgan fingerprint density at radius 2 is 1.94 bits per heavy atom. The molecule has 0 bridgehead atoms. The minimum absolute atomic E-state index is 0.347. The number of nitrogens with two attached hydrogens (primary N) is 1. The normalized spacial score (nSPS) is 21.3. The summed E-state index contributed by atoms with van der Waals surface area (Å²) in [4.78, 5) is 2.53. The van der Waals surface area contributed by atoms with Crippen molar-refractivity contribution in [1.82, 2.24) is 0 Å². The van der Waals surface area contributed by atoms with Gasteiger partial charge >= 0.3 is 0 Å². The Kier molecular flexibility index (Phi) is 4.28. The van der Waals surface area contributed by atoms with E-state index in [0.29, 0.717) is 6.04 Å². The van der Waals surface area contributed by atoms with Crippen LogP contribution in [0.3, 0.4) is 0 Å². The fourth-order valence-electron chi connectivity index (χ4n) is 2.93. The second-order valence-corrected chi connectivity index (χ2v) is 6.00. The van der Waals surface area contributed by atoms with E-state index in [1.165, 1.54) is 42.7 Å². The number of benzene rings is 1. The van der Waals surface area contributed by atoms with Crippen molar-refractivity contribution in [2.24, 2.45) is 11.7 Å². The first-order valence-corrected chi connectivity index (χ1v) is 7.13. The van der Waals surface area contributed by atoms with Gasteiger partial charge in [0.1, 0.15) is 0 Å². The van der Waals surface area contributed by atoms with Crippen LogP contribution >= 0.6 is 0 Å². The average molecular weight is 246 g/mol. The van der Waals surface area contributed by atoms with Crippen molar-refractivity contribution in [3.63, 3.8) is 0 Å². The van der Waals surface area contributed by atoms with Gasteiger partial charge in [-0.2, -0.15) is 0 Å². The summed E-state index contributed by atoms with van der Waals surface area (Å²) in [6.07, 6.45) is 3.75. The van der Waals surface area contributed by atoms with Gasteiger partial charge in [0, 0.05) is 24.8 Å². The van der Waals surface area contributed by atoms with Crippen molar-refractivity contribution in [2.45, 2.75) is 46.1 Å². The zero-order valence-corrected chi connectivity index (χ0v) is 11.9. The third-order valence-corrected chi connectivity index (χ3v) is 3.89. The Hall–Kier alpha value is -1.02. The van der Waals surface area contributed by atoms with E-state index in [-0.39, 0.29) is 0 Å². The van der Waals surface area contributed by atoms with Crippen LogP contribution < -0.4 is 10.6 Å². The molecular weight excluding hydrogens is 220 g/mol. The van der Waals surface area contributed by atoms with Gasteiger partial charge in [0.25, 0.3) is 0 Å². The minimum atomic E-state index is 0.347. The molecule has 1 aliphatic rings. The standard InChI is InChI=1S/C16H26N2/c1-12-8-13(2)10-16(9-12)18-7-6-15(11-18)5-4-14(3)17/h8-10,14-15H,4-7,11,17H2,1-3H3. The van der Waals surface area contributed by atoms with Crippen LogP contribution in [-0.2, 0) is 0 Å². The molecule has 2 unspecified atom stereocenters. The number of rotatable bonds is 4. The number of anilines is 1. The van der Waals surface area contributed by atoms with Gasteiger partial charge in [-0.15, -0.1) is 0 Å². The molecule has 2 N–H and O–H groups in total. The molecular formula is C16H26N2. The van der Waals surface area contributed by atoms with Crippen LogP contribution in [0.4, 0.5) is 5.69 Å². The monoisotopic (exact) mass is 246 g/mol. The van der Waals surface area contributed by atoms with E-state index in [4.69, 9.17) is 5.73 Å². The lowest BCUT2D eigenvalue weighted by Gasteiger charge is -2.20. The molecule has 1 aromatic rings. The van der Waals surface area contributed by atoms with Gasteiger partial charge in [-0.3, -0.25) is 0 Å². The highest BCUT2D eigenvalue weighted by Gasteiger charge is 2.22. The summed E-state index contributed by atoms with van der Waals surface area (Å²) >= 11 is 0. The predicted molar refractivity (Wildman–Crippen MR) is 79.1 cm³/mol. The van der Waals surface area contributed by atoms with E-state index in [2.05, 4.69) is 43.9 Å². The zero-order chi connectivity index (χ0) is 13.1. The first-order chi connectivity index (χ1) is 8.54. The highest BCUT2D eigenvalue weighted by molar-refractivity contribution is 5.51. The Labute approximate surface area is 111 Å². The van der Waals surface area contributed by atoms with Crippen LogP contribution in [0, 0.1) is 19.8 Å². The number of hydrogen-bond acceptors (Lipinski definition) is 2. The average Bonchev–Trinajstić information content (AvgIpc) is 2.73. The predicted octanol–water partition coefficient (Wildman–Crippen LogP) is 3.26. The third-order valence-electron chi connectivity index (χ3n) is 3.89. The summed E-state index contributed by atoms with van der Waals surface area (Å²) in [5.74, 6) is 0.830. The summed E-state index contributed by atoms with van der Waals surface area (Å²) in [5.41, 5.74) is 9.97. The minimum Gasteiger partial charge on any atom is -0.371 e. The van der Waals surface area contributed by atoms with E-state index < -0.39 is 0 Å². The van der Waals surface area contributed by atoms with E-state index in [0.717, 1.165) is 12.3 Å². The first kappa shape index (κ1) is 13.4. The molecule has 0 spiro atoms. The lowest BCUT2D eigenvalue weighted by Crippen LogP contribution is -2.21. The molecule has 2 rings (SSSR count). The molecule has 18 heavy (non-hydrogen) atoms. The van der Waals surface area contributed by atoms with Crippen molar-refractivity contribution in [2.75, 3.05) is 18.0 Å². The summed E-state index contributed by atoms with van der Waals surface area (Å²) in [6.45, 7) is 8.87. The smallest absolute Gasteiger partial charge is 0.0371 e. The topological polar surface area (TPSA) is 29.3 Å². The zero-order valence-electron chi connectivity index (χ0n) is 11.9. The molecule has 2 atom stereocenters. The molecule has 1 heterocycles. The fraction of sp³-hybridized carbons (Fsp3) is 0.625. The van der Waals surface area contributed by atoms with Gasteiger partial charge in [0.05, 0.1) is 0 Å². The Morgan fingerprint density at radius 1 is 1.28 bits per heavy atom. The van der Waals surface area contributed by atoms with Gasteiger partial charge in [-0.1, -0.05) is 6.07 Å². The van der Waals surface area contributed by atoms with E-state index in [9.17, 15) is 0 Å². The Bertz CT molecular complexity index is 378. The number of aryl methyl sites for hydroxylation is 2. The SMILES string of the molecule is Cc1cc(C)cc(N2CCC(CCC(C)N)C2)c1. The molecule has 0 saturated carbocycles. The van der Waals surface area contributed by atoms with Gasteiger partial charge < -0.3 is 10.6 Å². The van der Waals surface area contributed by atoms with Crippen molar-refractivity contribution in [3.05, 3.63) is 29.3 Å². The molecule has 100 valence electrons. The van der Waals surface area contributed by atoms with Crippen LogP contribution in [0.15, 0.2) is 18.2 Å². The van der Waals surface area contributed by atoms with E-state index in [1.807, 2.05) is 0 Å². The molecule has 0 amide bonds. The maximum absolute atomic E-state index is 5.84. The maximum Gasteiger partial charge on any atom is 0.0371 e. The summed E-state index contributed by atoms with van der Waals surface area (Å²) in [6, 6.07) is 7.20. The number of nitrogens with zero attached hydrogens (tertiary/aromatic N) is 1. The Morgan fingerprint density at radius 3 is 2.56 bits per heavy atom. The van der Waals surface area contributed by atoms with Gasteiger partial charge in [0.15, 0.2) is 0 Å². The highest BCUT2D eigenvalue weighted by atomic mass is 15.1. The highest BCUT2D eigenvalue weighted by Crippen LogP contribution is 2.28. The van der Waals surface area contributed by atoms with Gasteiger partial charge in [-0.25, -0.2) is 0 Å². The molecule has 1 saturated heterocycles. The second kappa shape index (κ2) is 5.75. The van der Waals surface area contributed by atoms with Gasteiger partial charge in [0.2, 0.25) is 0 Å². The lowest BCUT2D eigenvalue weighted by atomic mass is 10.0. The molecule has 2 heteroatoms. The molecule has 1 fully saturated rings. The Balaban J connectivity index is 1.95. The molecule has 0 radical (unpaired) electrons. The lowest BCUT2D eigenvalue weighted by molar-refractivity contribution is 0.483. The van der Waals surface area contributed by atoms with Crippen molar-refractivity contribution in [3.8, 4) is 0 Å². The van der Waals surface area contributed by atoms with Crippen LogP contribution in [0.5, 0.6) is 0 Å². The van der Waals surface area contributed by atoms with Crippen LogP contribution in [0.1, 0.15) is 37.3 Å². The second-order valence-electron chi connectivity index (χ2n) is 6.00. The summed E-state index contributed by atoms with van der Waals surface area (Å²) in [7, 11) is 0. The first-order valence-electron chi connectivity index (χ1n) is 7.13. The molecule has 0 aliphatic carbocycles. The molecule has 0 aromatic heterocycles. The maximum atomic E-state index is 5.84. The largest absolute Gasteiger partial charge is 0.371 e. The number of hydrogen-bond donors (Lipinski definition) is 1. The van der Waals surface area contributed by atoms with Crippen molar-refractivity contribution < 1.29 is 0 Å². The third kappa shape index (κ3) is 3.49. The molecule has 1 aromatic carbocycles. The summed E-state index contributed by atoms with van der Waals surface area (Å²) in [5, 5.41) is 0. The molecule has 1 aliphatic heterocycles. The van der Waals surface area contributed by atoms with Crippen molar-refractivity contribution in [1.29, 1.82) is 0 Å². The molecule has 2 nitrogen and oxygen atoms in total. The van der Waals surface area contributed by atoms with E-state index >= 15 is 0 Å². The van der Waals surface area contributed by atoms with Gasteiger partial charge in [-0.05, 0) is 69.2 Å².